The molecule has 0 aromatic heterocycles. The molecule has 0 bridgehead atoms. The summed E-state index contributed by atoms with van der Waals surface area (Å²) in [5.41, 5.74) is 22.8. The van der Waals surface area contributed by atoms with Gasteiger partial charge in [0.05, 0.1) is 0 Å². The number of unbranched alkanes of at least 4 members (excludes halogenated alkanes) is 37. The standard InChI is InChI=1S/C36H52N2.2C18H37.Ni/c1-6-11-14-15-16-17-20-32-27-35(33-23-28(9-4)21-30(25-33)18-12-7-2)38(37)36(32)34-24-29(10-5)22-31(26-34)19-13-8-3;2*1-3-5-7-9-11-13-15-17-18-16-14-12-10-8-6-4-2;/h21-27H,6-20H2,1-5H3;2*1,3-18H2,2H3;. The number of nitrogens with zero attached hydrogens (tertiary/aromatic N) is 2. The topological polar surface area (TPSA) is 25.3 Å². The van der Waals surface area contributed by atoms with Crippen molar-refractivity contribution in [2.45, 2.75) is 361 Å². The van der Waals surface area contributed by atoms with Gasteiger partial charge < -0.3 is 5.53 Å². The molecule has 0 saturated carbocycles. The molecule has 0 spiro atoms. The van der Waals surface area contributed by atoms with E-state index in [0.717, 1.165) is 49.1 Å². The Morgan fingerprint density at radius 3 is 0.947 bits per heavy atom. The SMILES string of the molecule is CCCCCCCCC1=C(c2cc(CC)cc(CCCC)c2)[N+](=[N-])C(c2cc(CC)cc(CCCC)c2)=C1.CCCCCCCCCCCCCCCCC[CH2][Ni][CH2]CCCCCCCCCCCCCCCCC. The second-order valence-corrected chi connectivity index (χ2v) is 24.8. The van der Waals surface area contributed by atoms with Crippen molar-refractivity contribution < 1.29 is 19.1 Å². The third-order valence-corrected chi connectivity index (χ3v) is 17.5. The van der Waals surface area contributed by atoms with Crippen molar-refractivity contribution in [3.05, 3.63) is 87.0 Å². The van der Waals surface area contributed by atoms with Crippen LogP contribution in [-0.4, -0.2) is 4.70 Å². The fourth-order valence-electron chi connectivity index (χ4n) is 11.1. The Morgan fingerprint density at radius 1 is 0.307 bits per heavy atom. The number of rotatable bonds is 51. The molecule has 434 valence electrons. The molecule has 0 unspecified atom stereocenters. The fourth-order valence-corrected chi connectivity index (χ4v) is 12.3. The molecule has 1 aliphatic heterocycles. The van der Waals surface area contributed by atoms with Gasteiger partial charge in [0.1, 0.15) is 0 Å². The molecule has 0 saturated heterocycles. The zero-order chi connectivity index (χ0) is 54.1. The Kier molecular flexibility index (Phi) is 46.3. The number of aryl methyl sites for hydroxylation is 4. The van der Waals surface area contributed by atoms with Gasteiger partial charge in [0, 0.05) is 22.8 Å². The van der Waals surface area contributed by atoms with Crippen molar-refractivity contribution in [1.82, 2.24) is 0 Å². The fraction of sp³-hybridized carbons (Fsp3) is 0.778. The van der Waals surface area contributed by atoms with Gasteiger partial charge in [0.2, 0.25) is 11.4 Å². The molecule has 75 heavy (non-hydrogen) atoms. The maximum absolute atomic E-state index is 11.8. The summed E-state index contributed by atoms with van der Waals surface area (Å²) in [6, 6.07) is 14.0. The van der Waals surface area contributed by atoms with Crippen LogP contribution in [0.2, 0.25) is 10.8 Å². The van der Waals surface area contributed by atoms with Crippen molar-refractivity contribution in [3.8, 4) is 0 Å². The summed E-state index contributed by atoms with van der Waals surface area (Å²) in [7, 11) is 0. The van der Waals surface area contributed by atoms with Crippen molar-refractivity contribution in [2.75, 3.05) is 0 Å². The molecule has 0 aliphatic carbocycles. The Morgan fingerprint density at radius 2 is 0.600 bits per heavy atom. The van der Waals surface area contributed by atoms with Crippen molar-refractivity contribution in [3.63, 3.8) is 0 Å². The number of hydrogen-bond donors (Lipinski definition) is 0. The average Bonchev–Trinajstić information content (AvgIpc) is 3.76. The zero-order valence-corrected chi connectivity index (χ0v) is 52.4. The summed E-state index contributed by atoms with van der Waals surface area (Å²) in [5.74, 6) is 0. The van der Waals surface area contributed by atoms with E-state index in [1.54, 1.807) is 0 Å². The van der Waals surface area contributed by atoms with Crippen LogP contribution in [0.15, 0.2) is 48.0 Å². The quantitative estimate of drug-likeness (QED) is 0.0358. The average molecular weight is 1080 g/mol. The molecule has 3 rings (SSSR count). The zero-order valence-electron chi connectivity index (χ0n) is 51.4. The first-order valence-electron chi connectivity index (χ1n) is 33.6. The molecule has 1 aliphatic rings. The van der Waals surface area contributed by atoms with Gasteiger partial charge in [-0.1, -0.05) is 170 Å². The van der Waals surface area contributed by atoms with Crippen LogP contribution in [0.3, 0.4) is 0 Å². The van der Waals surface area contributed by atoms with Gasteiger partial charge in [0.15, 0.2) is 0 Å². The van der Waals surface area contributed by atoms with Crippen LogP contribution in [0.1, 0.15) is 358 Å². The van der Waals surface area contributed by atoms with Gasteiger partial charge in [-0.25, -0.2) is 4.70 Å². The monoisotopic (exact) mass is 1080 g/mol. The van der Waals surface area contributed by atoms with E-state index in [9.17, 15) is 5.53 Å². The third-order valence-electron chi connectivity index (χ3n) is 16.1. The van der Waals surface area contributed by atoms with Crippen LogP contribution in [-0.2, 0) is 40.1 Å². The van der Waals surface area contributed by atoms with E-state index in [2.05, 4.69) is 90.9 Å². The van der Waals surface area contributed by atoms with Crippen LogP contribution in [0.25, 0.3) is 16.9 Å². The van der Waals surface area contributed by atoms with Crippen molar-refractivity contribution >= 4 is 11.4 Å². The Labute approximate surface area is 475 Å². The summed E-state index contributed by atoms with van der Waals surface area (Å²) in [5, 5.41) is 2.87. The molecular weight excluding hydrogens is 951 g/mol. The smallest absolute Gasteiger partial charge is 0.0654 e. The number of hydrogen-bond acceptors (Lipinski definition) is 0. The van der Waals surface area contributed by atoms with Gasteiger partial charge in [-0.2, -0.15) is 0 Å². The van der Waals surface area contributed by atoms with Crippen LogP contribution >= 0.6 is 0 Å². The van der Waals surface area contributed by atoms with Crippen LogP contribution in [0.4, 0.5) is 0 Å². The first-order valence-corrected chi connectivity index (χ1v) is 35.0. The van der Waals surface area contributed by atoms with E-state index >= 15 is 0 Å². The minimum absolute atomic E-state index is 0.936. The van der Waals surface area contributed by atoms with Crippen LogP contribution < -0.4 is 0 Å². The van der Waals surface area contributed by atoms with Gasteiger partial charge in [-0.3, -0.25) is 0 Å². The first-order chi connectivity index (χ1) is 37.0. The summed E-state index contributed by atoms with van der Waals surface area (Å²) in [6.07, 6.45) is 67.2. The van der Waals surface area contributed by atoms with Gasteiger partial charge in [-0.15, -0.1) is 0 Å². The predicted molar refractivity (Wildman–Crippen MR) is 334 cm³/mol. The summed E-state index contributed by atoms with van der Waals surface area (Å²) in [6.45, 7) is 15.9. The van der Waals surface area contributed by atoms with Crippen LogP contribution in [0, 0.1) is 0 Å². The van der Waals surface area contributed by atoms with Gasteiger partial charge >= 0.3 is 166 Å². The normalized spacial score (nSPS) is 12.6. The Hall–Kier alpha value is -1.99. The second-order valence-electron chi connectivity index (χ2n) is 23.3. The Balaban J connectivity index is 0.000000514. The molecule has 2 aromatic rings. The summed E-state index contributed by atoms with van der Waals surface area (Å²) < 4.78 is 1.52. The van der Waals surface area contributed by atoms with Crippen LogP contribution in [0.5, 0.6) is 0 Å². The number of benzene rings is 2. The second kappa shape index (κ2) is 50.2. The number of allylic oxidation sites excluding steroid dienone is 2. The van der Waals surface area contributed by atoms with E-state index in [1.807, 2.05) is 14.4 Å². The van der Waals surface area contributed by atoms with Crippen molar-refractivity contribution in [2.24, 2.45) is 0 Å². The molecule has 2 aromatic carbocycles. The Bertz CT molecular complexity index is 1670. The molecule has 3 heteroatoms. The third kappa shape index (κ3) is 35.3. The first kappa shape index (κ1) is 69.1. The van der Waals surface area contributed by atoms with E-state index in [0.29, 0.717) is 0 Å². The summed E-state index contributed by atoms with van der Waals surface area (Å²) in [4.78, 5) is 0. The molecule has 0 radical (unpaired) electrons. The van der Waals surface area contributed by atoms with E-state index in [4.69, 9.17) is 0 Å². The van der Waals surface area contributed by atoms with Crippen molar-refractivity contribution in [1.29, 1.82) is 0 Å². The molecule has 0 fully saturated rings. The van der Waals surface area contributed by atoms with Gasteiger partial charge in [-0.05, 0) is 97.9 Å². The molecular formula is C72H126N2Ni. The predicted octanol–water partition coefficient (Wildman–Crippen LogP) is 25.5. The van der Waals surface area contributed by atoms with E-state index in [-0.39, 0.29) is 0 Å². The maximum atomic E-state index is 11.8. The van der Waals surface area contributed by atoms with E-state index in [1.165, 1.54) is 319 Å². The van der Waals surface area contributed by atoms with E-state index < -0.39 is 0 Å². The molecule has 1 heterocycles. The minimum atomic E-state index is 0.936. The molecule has 0 atom stereocenters. The molecule has 0 amide bonds. The molecule has 2 nitrogen and oxygen atoms in total. The summed E-state index contributed by atoms with van der Waals surface area (Å²) >= 11 is 2.04. The van der Waals surface area contributed by atoms with Gasteiger partial charge in [0.25, 0.3) is 0 Å². The minimum Gasteiger partial charge on any atom is -0.0654 e. The molecule has 0 N–H and O–H groups in total.